The van der Waals surface area contributed by atoms with Gasteiger partial charge in [0.15, 0.2) is 0 Å². The Kier molecular flexibility index (Phi) is 5.97. The predicted octanol–water partition coefficient (Wildman–Crippen LogP) is 5.10. The number of halogens is 1. The van der Waals surface area contributed by atoms with Crippen molar-refractivity contribution < 1.29 is 9.53 Å². The summed E-state index contributed by atoms with van der Waals surface area (Å²) in [6.45, 7) is 1.97. The molecule has 2 aromatic carbocycles. The maximum Gasteiger partial charge on any atom is 0.266 e. The van der Waals surface area contributed by atoms with Crippen molar-refractivity contribution in [2.75, 3.05) is 12.4 Å². The number of anilines is 1. The minimum Gasteiger partial charge on any atom is -0.497 e. The molecule has 0 unspecified atom stereocenters. The molecular formula is C22H18BrN3O2. The van der Waals surface area contributed by atoms with Crippen LogP contribution in [-0.2, 0) is 4.79 Å². The lowest BCUT2D eigenvalue weighted by Crippen LogP contribution is -2.13. The van der Waals surface area contributed by atoms with Crippen molar-refractivity contribution in [2.24, 2.45) is 0 Å². The van der Waals surface area contributed by atoms with Crippen LogP contribution >= 0.6 is 15.9 Å². The third-order valence-electron chi connectivity index (χ3n) is 4.20. The Balaban J connectivity index is 1.91. The number of ether oxygens (including phenoxy) is 1. The van der Waals surface area contributed by atoms with Crippen molar-refractivity contribution in [3.63, 3.8) is 0 Å². The van der Waals surface area contributed by atoms with Gasteiger partial charge in [-0.05, 0) is 73.7 Å². The van der Waals surface area contributed by atoms with E-state index in [1.807, 2.05) is 66.1 Å². The van der Waals surface area contributed by atoms with Gasteiger partial charge in [0.1, 0.15) is 17.4 Å². The number of benzene rings is 2. The lowest BCUT2D eigenvalue weighted by atomic mass is 10.2. The molecule has 5 nitrogen and oxygen atoms in total. The SMILES string of the molecule is COc1ccc(-n2c(C)ccc2/C=C(/C#N)C(=O)Nc2ccc(Br)cc2)cc1. The van der Waals surface area contributed by atoms with Crippen LogP contribution in [0.4, 0.5) is 5.69 Å². The molecule has 1 N–H and O–H groups in total. The Bertz CT molecular complexity index is 1060. The van der Waals surface area contributed by atoms with E-state index in [2.05, 4.69) is 21.2 Å². The van der Waals surface area contributed by atoms with Gasteiger partial charge in [-0.2, -0.15) is 5.26 Å². The van der Waals surface area contributed by atoms with Gasteiger partial charge in [-0.15, -0.1) is 0 Å². The minimum atomic E-state index is -0.454. The number of nitrogens with one attached hydrogen (secondary N) is 1. The first-order valence-electron chi connectivity index (χ1n) is 8.53. The van der Waals surface area contributed by atoms with Crippen LogP contribution in [0.3, 0.4) is 0 Å². The quantitative estimate of drug-likeness (QED) is 0.447. The fourth-order valence-corrected chi connectivity index (χ4v) is 3.05. The van der Waals surface area contributed by atoms with Gasteiger partial charge in [0.2, 0.25) is 0 Å². The Hall–Kier alpha value is -3.30. The molecule has 1 aromatic heterocycles. The Labute approximate surface area is 172 Å². The summed E-state index contributed by atoms with van der Waals surface area (Å²) < 4.78 is 8.09. The molecule has 0 atom stereocenters. The molecule has 3 aromatic rings. The molecule has 140 valence electrons. The highest BCUT2D eigenvalue weighted by molar-refractivity contribution is 9.10. The monoisotopic (exact) mass is 435 g/mol. The maximum atomic E-state index is 12.5. The van der Waals surface area contributed by atoms with Gasteiger partial charge < -0.3 is 14.6 Å². The van der Waals surface area contributed by atoms with Gasteiger partial charge in [-0.25, -0.2) is 0 Å². The van der Waals surface area contributed by atoms with E-state index in [1.165, 1.54) is 0 Å². The Morgan fingerprint density at radius 2 is 1.79 bits per heavy atom. The van der Waals surface area contributed by atoms with Gasteiger partial charge in [0.25, 0.3) is 5.91 Å². The first-order chi connectivity index (χ1) is 13.5. The largest absolute Gasteiger partial charge is 0.497 e. The molecule has 1 amide bonds. The standard InChI is InChI=1S/C22H18BrN3O2/c1-15-3-8-20(26(15)19-9-11-21(28-2)12-10-19)13-16(14-24)22(27)25-18-6-4-17(23)5-7-18/h3-13H,1-2H3,(H,25,27)/b16-13-. The number of methoxy groups -OCH3 is 1. The molecule has 6 heteroatoms. The van der Waals surface area contributed by atoms with Crippen molar-refractivity contribution in [3.05, 3.63) is 82.1 Å². The van der Waals surface area contributed by atoms with Gasteiger partial charge in [-0.3, -0.25) is 4.79 Å². The summed E-state index contributed by atoms with van der Waals surface area (Å²) in [5.41, 5.74) is 3.29. The molecule has 0 aliphatic heterocycles. The first kappa shape index (κ1) is 19.5. The lowest BCUT2D eigenvalue weighted by Gasteiger charge is -2.11. The summed E-state index contributed by atoms with van der Waals surface area (Å²) >= 11 is 3.35. The smallest absolute Gasteiger partial charge is 0.266 e. The number of aromatic nitrogens is 1. The molecule has 0 spiro atoms. The number of nitriles is 1. The highest BCUT2D eigenvalue weighted by Gasteiger charge is 2.13. The molecule has 1 heterocycles. The molecule has 0 aliphatic rings. The minimum absolute atomic E-state index is 0.0239. The zero-order valence-corrected chi connectivity index (χ0v) is 17.0. The van der Waals surface area contributed by atoms with Gasteiger partial charge in [0, 0.05) is 27.2 Å². The second-order valence-electron chi connectivity index (χ2n) is 6.06. The third-order valence-corrected chi connectivity index (χ3v) is 4.72. The number of hydrogen-bond donors (Lipinski definition) is 1. The second-order valence-corrected chi connectivity index (χ2v) is 6.98. The molecule has 0 saturated heterocycles. The van der Waals surface area contributed by atoms with Gasteiger partial charge in [-0.1, -0.05) is 15.9 Å². The van der Waals surface area contributed by atoms with E-state index in [4.69, 9.17) is 4.74 Å². The molecular weight excluding hydrogens is 418 g/mol. The second kappa shape index (κ2) is 8.59. The number of rotatable bonds is 5. The summed E-state index contributed by atoms with van der Waals surface area (Å²) in [6.07, 6.45) is 1.59. The van der Waals surface area contributed by atoms with Crippen LogP contribution in [0.25, 0.3) is 11.8 Å². The first-order valence-corrected chi connectivity index (χ1v) is 9.32. The summed E-state index contributed by atoms with van der Waals surface area (Å²) in [7, 11) is 1.62. The van der Waals surface area contributed by atoms with Crippen molar-refractivity contribution >= 4 is 33.6 Å². The normalized spacial score (nSPS) is 11.0. The zero-order valence-electron chi connectivity index (χ0n) is 15.4. The van der Waals surface area contributed by atoms with E-state index in [-0.39, 0.29) is 5.57 Å². The average molecular weight is 436 g/mol. The Morgan fingerprint density at radius 3 is 2.39 bits per heavy atom. The van der Waals surface area contributed by atoms with Crippen LogP contribution < -0.4 is 10.1 Å². The fourth-order valence-electron chi connectivity index (χ4n) is 2.78. The molecule has 0 aliphatic carbocycles. The highest BCUT2D eigenvalue weighted by atomic mass is 79.9. The highest BCUT2D eigenvalue weighted by Crippen LogP contribution is 2.22. The van der Waals surface area contributed by atoms with E-state index in [9.17, 15) is 10.1 Å². The van der Waals surface area contributed by atoms with Crippen LogP contribution in [0.5, 0.6) is 5.75 Å². The number of carbonyl (C=O) groups excluding carboxylic acids is 1. The molecule has 0 saturated carbocycles. The van der Waals surface area contributed by atoms with Crippen LogP contribution in [0, 0.1) is 18.3 Å². The van der Waals surface area contributed by atoms with Crippen molar-refractivity contribution in [2.45, 2.75) is 6.92 Å². The summed E-state index contributed by atoms with van der Waals surface area (Å²) in [5, 5.41) is 12.2. The molecule has 0 bridgehead atoms. The Morgan fingerprint density at radius 1 is 1.11 bits per heavy atom. The summed E-state index contributed by atoms with van der Waals surface area (Å²) in [6, 6.07) is 20.6. The van der Waals surface area contributed by atoms with Crippen molar-refractivity contribution in [1.29, 1.82) is 5.26 Å². The number of hydrogen-bond acceptors (Lipinski definition) is 3. The topological polar surface area (TPSA) is 67.0 Å². The van der Waals surface area contributed by atoms with Crippen LogP contribution in [0.1, 0.15) is 11.4 Å². The third kappa shape index (κ3) is 4.33. The van der Waals surface area contributed by atoms with E-state index in [0.29, 0.717) is 5.69 Å². The lowest BCUT2D eigenvalue weighted by molar-refractivity contribution is -0.112. The summed E-state index contributed by atoms with van der Waals surface area (Å²) in [5.74, 6) is 0.308. The van der Waals surface area contributed by atoms with E-state index < -0.39 is 5.91 Å². The molecule has 28 heavy (non-hydrogen) atoms. The number of nitrogens with zero attached hydrogens (tertiary/aromatic N) is 2. The molecule has 3 rings (SSSR count). The zero-order chi connectivity index (χ0) is 20.1. The van der Waals surface area contributed by atoms with Crippen molar-refractivity contribution in [1.82, 2.24) is 4.57 Å². The van der Waals surface area contributed by atoms with Crippen LogP contribution in [0.2, 0.25) is 0 Å². The van der Waals surface area contributed by atoms with Crippen LogP contribution in [0.15, 0.2) is 70.7 Å². The maximum absolute atomic E-state index is 12.5. The number of carbonyl (C=O) groups is 1. The average Bonchev–Trinajstić information content (AvgIpc) is 3.08. The molecule has 0 fully saturated rings. The van der Waals surface area contributed by atoms with E-state index in [1.54, 1.807) is 25.3 Å². The number of aryl methyl sites for hydroxylation is 1. The van der Waals surface area contributed by atoms with Gasteiger partial charge >= 0.3 is 0 Å². The fraction of sp³-hybridized carbons (Fsp3) is 0.0909. The predicted molar refractivity (Wildman–Crippen MR) is 113 cm³/mol. The van der Waals surface area contributed by atoms with Gasteiger partial charge in [0.05, 0.1) is 7.11 Å². The van der Waals surface area contributed by atoms with Crippen LogP contribution in [-0.4, -0.2) is 17.6 Å². The number of amides is 1. The van der Waals surface area contributed by atoms with Crippen molar-refractivity contribution in [3.8, 4) is 17.5 Å². The van der Waals surface area contributed by atoms with E-state index in [0.717, 1.165) is 27.3 Å². The summed E-state index contributed by atoms with van der Waals surface area (Å²) in [4.78, 5) is 12.5. The van der Waals surface area contributed by atoms with E-state index >= 15 is 0 Å². The molecule has 0 radical (unpaired) electrons.